The van der Waals surface area contributed by atoms with Crippen LogP contribution in [0, 0.1) is 22.7 Å². The number of aromatic nitrogens is 1. The van der Waals surface area contributed by atoms with E-state index < -0.39 is 0 Å². The Balaban J connectivity index is 1.97. The van der Waals surface area contributed by atoms with E-state index in [0.717, 1.165) is 36.5 Å². The second-order valence-corrected chi connectivity index (χ2v) is 10.2. The summed E-state index contributed by atoms with van der Waals surface area (Å²) >= 11 is 1.93. The lowest BCUT2D eigenvalue weighted by molar-refractivity contribution is 0.162. The van der Waals surface area contributed by atoms with E-state index in [2.05, 4.69) is 71.7 Å². The average Bonchev–Trinajstić information content (AvgIpc) is 2.43. The summed E-state index contributed by atoms with van der Waals surface area (Å²) in [6.45, 7) is 18.7. The summed E-state index contributed by atoms with van der Waals surface area (Å²) in [6, 6.07) is 4.45. The number of anilines is 1. The van der Waals surface area contributed by atoms with Crippen LogP contribution in [-0.2, 0) is 0 Å². The van der Waals surface area contributed by atoms with Crippen LogP contribution in [0.4, 0.5) is 5.82 Å². The Hall–Kier alpha value is -0.700. The molecule has 0 saturated carbocycles. The fourth-order valence-electron chi connectivity index (χ4n) is 2.98. The van der Waals surface area contributed by atoms with Crippen molar-refractivity contribution in [3.8, 4) is 0 Å². The second kappa shape index (κ2) is 7.04. The van der Waals surface area contributed by atoms with Gasteiger partial charge in [-0.1, -0.05) is 48.5 Å². The number of thioether (sulfide) groups is 1. The van der Waals surface area contributed by atoms with Crippen LogP contribution in [0.25, 0.3) is 0 Å². The van der Waals surface area contributed by atoms with E-state index in [1.807, 2.05) is 11.8 Å². The van der Waals surface area contributed by atoms with Crippen molar-refractivity contribution in [2.45, 2.75) is 59.8 Å². The molecule has 1 saturated heterocycles. The number of hydrogen-bond donors (Lipinski definition) is 0. The molecule has 2 heterocycles. The van der Waals surface area contributed by atoms with Crippen LogP contribution < -0.4 is 4.90 Å². The second-order valence-electron chi connectivity index (χ2n) is 9.13. The maximum atomic E-state index is 4.74. The molecule has 0 aliphatic carbocycles. The van der Waals surface area contributed by atoms with E-state index in [-0.39, 0.29) is 0 Å². The molecule has 0 radical (unpaired) electrons. The van der Waals surface area contributed by atoms with Crippen molar-refractivity contribution >= 4 is 17.6 Å². The molecule has 2 rings (SSSR count). The molecule has 2 nitrogen and oxygen atoms in total. The normalized spacial score (nSPS) is 23.2. The lowest BCUT2D eigenvalue weighted by Gasteiger charge is -2.38. The van der Waals surface area contributed by atoms with Gasteiger partial charge in [-0.2, -0.15) is 0 Å². The van der Waals surface area contributed by atoms with Crippen LogP contribution in [0.3, 0.4) is 0 Å². The van der Waals surface area contributed by atoms with Crippen molar-refractivity contribution in [2.24, 2.45) is 22.7 Å². The Morgan fingerprint density at radius 1 is 1.09 bits per heavy atom. The highest BCUT2D eigenvalue weighted by atomic mass is 32.2. The minimum absolute atomic E-state index is 0.300. The third-order valence-corrected chi connectivity index (χ3v) is 6.98. The zero-order valence-electron chi connectivity index (χ0n) is 16.0. The van der Waals surface area contributed by atoms with E-state index in [1.54, 1.807) is 0 Å². The third-order valence-electron chi connectivity index (χ3n) is 5.54. The minimum Gasteiger partial charge on any atom is -0.356 e. The minimum atomic E-state index is 0.300. The van der Waals surface area contributed by atoms with Gasteiger partial charge in [0.2, 0.25) is 0 Å². The smallest absolute Gasteiger partial charge is 0.128 e. The monoisotopic (exact) mass is 334 g/mol. The molecule has 1 fully saturated rings. The average molecular weight is 335 g/mol. The summed E-state index contributed by atoms with van der Waals surface area (Å²) in [5.74, 6) is 3.79. The maximum absolute atomic E-state index is 4.74. The topological polar surface area (TPSA) is 16.1 Å². The maximum Gasteiger partial charge on any atom is 0.128 e. The van der Waals surface area contributed by atoms with Crippen molar-refractivity contribution in [1.29, 1.82) is 0 Å². The largest absolute Gasteiger partial charge is 0.356 e. The summed E-state index contributed by atoms with van der Waals surface area (Å²) in [6.07, 6.45) is 3.40. The van der Waals surface area contributed by atoms with Gasteiger partial charge in [0.1, 0.15) is 5.82 Å². The Morgan fingerprint density at radius 3 is 2.17 bits per heavy atom. The summed E-state index contributed by atoms with van der Waals surface area (Å²) in [4.78, 5) is 8.47. The van der Waals surface area contributed by atoms with E-state index in [9.17, 15) is 0 Å². The molecule has 0 amide bonds. The van der Waals surface area contributed by atoms with E-state index in [0.29, 0.717) is 10.8 Å². The van der Waals surface area contributed by atoms with Crippen molar-refractivity contribution in [3.63, 3.8) is 0 Å². The number of hydrogen-bond acceptors (Lipinski definition) is 3. The number of piperidine rings is 1. The Labute approximate surface area is 147 Å². The molecule has 1 aliphatic rings. The molecule has 130 valence electrons. The zero-order valence-corrected chi connectivity index (χ0v) is 16.8. The summed E-state index contributed by atoms with van der Waals surface area (Å²) < 4.78 is 0. The van der Waals surface area contributed by atoms with E-state index >= 15 is 0 Å². The summed E-state index contributed by atoms with van der Waals surface area (Å²) in [7, 11) is 0. The van der Waals surface area contributed by atoms with Crippen LogP contribution in [0.5, 0.6) is 0 Å². The van der Waals surface area contributed by atoms with Gasteiger partial charge in [0.15, 0.2) is 0 Å². The van der Waals surface area contributed by atoms with Crippen LogP contribution in [-0.4, -0.2) is 23.8 Å². The van der Waals surface area contributed by atoms with Gasteiger partial charge in [0.05, 0.1) is 0 Å². The predicted octanol–water partition coefficient (Wildman–Crippen LogP) is 5.73. The number of nitrogens with zero attached hydrogens (tertiary/aromatic N) is 2. The van der Waals surface area contributed by atoms with E-state index in [1.165, 1.54) is 11.3 Å². The molecule has 1 aromatic heterocycles. The highest BCUT2D eigenvalue weighted by Crippen LogP contribution is 2.41. The highest BCUT2D eigenvalue weighted by Gasteiger charge is 2.32. The van der Waals surface area contributed by atoms with Gasteiger partial charge >= 0.3 is 0 Å². The van der Waals surface area contributed by atoms with Gasteiger partial charge in [-0.3, -0.25) is 0 Å². The first kappa shape index (κ1) is 18.6. The Kier molecular flexibility index (Phi) is 5.71. The zero-order chi connectivity index (χ0) is 17.3. The van der Waals surface area contributed by atoms with Crippen LogP contribution in [0.15, 0.2) is 23.2 Å². The molecular formula is C20H34N2S. The molecule has 23 heavy (non-hydrogen) atoms. The molecule has 3 heteroatoms. The molecule has 2 unspecified atom stereocenters. The fraction of sp³-hybridized carbons (Fsp3) is 0.750. The summed E-state index contributed by atoms with van der Waals surface area (Å²) in [5.41, 5.74) is 0.613. The van der Waals surface area contributed by atoms with Gasteiger partial charge in [-0.15, -0.1) is 11.8 Å². The molecule has 0 spiro atoms. The van der Waals surface area contributed by atoms with Gasteiger partial charge in [-0.25, -0.2) is 4.98 Å². The van der Waals surface area contributed by atoms with Gasteiger partial charge in [0, 0.05) is 29.9 Å². The quantitative estimate of drug-likeness (QED) is 0.654. The highest BCUT2D eigenvalue weighted by molar-refractivity contribution is 7.99. The first-order chi connectivity index (χ1) is 10.6. The molecule has 1 aliphatic heterocycles. The lowest BCUT2D eigenvalue weighted by Crippen LogP contribution is -2.39. The Bertz CT molecular complexity index is 491. The summed E-state index contributed by atoms with van der Waals surface area (Å²) in [5, 5.41) is 0. The molecule has 0 N–H and O–H groups in total. The molecule has 0 bridgehead atoms. The first-order valence-electron chi connectivity index (χ1n) is 8.92. The number of pyridine rings is 1. The molecular weight excluding hydrogens is 300 g/mol. The van der Waals surface area contributed by atoms with Crippen LogP contribution in [0.2, 0.25) is 0 Å². The van der Waals surface area contributed by atoms with E-state index in [4.69, 9.17) is 4.98 Å². The Morgan fingerprint density at radius 2 is 1.70 bits per heavy atom. The van der Waals surface area contributed by atoms with Gasteiger partial charge in [0.25, 0.3) is 0 Å². The fourth-order valence-corrected chi connectivity index (χ4v) is 4.23. The molecule has 0 aromatic carbocycles. The SMILES string of the molecule is CC1CC(C)CN(c2ccc(SCC(C)(C)C(C)(C)C)cn2)C1. The van der Waals surface area contributed by atoms with Crippen molar-refractivity contribution in [2.75, 3.05) is 23.7 Å². The van der Waals surface area contributed by atoms with Crippen LogP contribution in [0.1, 0.15) is 54.9 Å². The van der Waals surface area contributed by atoms with Crippen molar-refractivity contribution < 1.29 is 0 Å². The van der Waals surface area contributed by atoms with Gasteiger partial charge in [-0.05, 0) is 41.2 Å². The van der Waals surface area contributed by atoms with Crippen molar-refractivity contribution in [1.82, 2.24) is 4.98 Å². The predicted molar refractivity (Wildman–Crippen MR) is 103 cm³/mol. The van der Waals surface area contributed by atoms with Gasteiger partial charge < -0.3 is 4.90 Å². The molecule has 1 aromatic rings. The van der Waals surface area contributed by atoms with Crippen LogP contribution >= 0.6 is 11.8 Å². The standard InChI is InChI=1S/C20H34N2S/c1-15-10-16(2)13-22(12-15)18-9-8-17(11-21-18)23-14-20(6,7)19(3,4)5/h8-9,11,15-16H,10,12-14H2,1-7H3. The molecule has 2 atom stereocenters. The first-order valence-corrected chi connectivity index (χ1v) is 9.91. The van der Waals surface area contributed by atoms with Crippen molar-refractivity contribution in [3.05, 3.63) is 18.3 Å². The number of rotatable bonds is 4. The lowest BCUT2D eigenvalue weighted by atomic mass is 9.71. The third kappa shape index (κ3) is 4.89.